The van der Waals surface area contributed by atoms with Crippen molar-refractivity contribution in [1.82, 2.24) is 19.7 Å². The number of imide groups is 1. The average Bonchev–Trinajstić information content (AvgIpc) is 3.29. The molecule has 4 rings (SSSR count). The number of nitrogens with zero attached hydrogens (tertiary/aromatic N) is 4. The zero-order valence-corrected chi connectivity index (χ0v) is 15.8. The number of likely N-dealkylation sites (tertiary alicyclic amines) is 1. The predicted octanol–water partition coefficient (Wildman–Crippen LogP) is 2.53. The molecular weight excluding hydrogens is 390 g/mol. The van der Waals surface area contributed by atoms with Gasteiger partial charge in [-0.1, -0.05) is 29.0 Å². The van der Waals surface area contributed by atoms with E-state index in [4.69, 9.17) is 11.6 Å². The molecule has 0 saturated carbocycles. The van der Waals surface area contributed by atoms with Crippen molar-refractivity contribution in [2.75, 3.05) is 11.9 Å². The second kappa shape index (κ2) is 6.75. The first-order valence-corrected chi connectivity index (χ1v) is 9.37. The second-order valence-electron chi connectivity index (χ2n) is 6.09. The smallest absolute Gasteiger partial charge is 0.245 e. The van der Waals surface area contributed by atoms with Gasteiger partial charge < -0.3 is 5.32 Å². The molecule has 0 radical (unpaired) electrons. The normalized spacial score (nSPS) is 14.4. The molecule has 10 heteroatoms. The zero-order valence-electron chi connectivity index (χ0n) is 14.2. The van der Waals surface area contributed by atoms with E-state index >= 15 is 0 Å². The second-order valence-corrected chi connectivity index (χ2v) is 7.50. The SMILES string of the molecule is Cc1cc(NC(=O)CN2C(=O)CCC2=O)n(-c2nc3c(Cl)cccc3s2)n1. The molecule has 0 unspecified atom stereocenters. The lowest BCUT2D eigenvalue weighted by Crippen LogP contribution is -2.37. The van der Waals surface area contributed by atoms with Crippen LogP contribution in [0.3, 0.4) is 0 Å². The van der Waals surface area contributed by atoms with Crippen LogP contribution in [0.2, 0.25) is 5.02 Å². The number of hydrogen-bond donors (Lipinski definition) is 1. The molecule has 1 aliphatic rings. The highest BCUT2D eigenvalue weighted by molar-refractivity contribution is 7.20. The Balaban J connectivity index is 1.61. The van der Waals surface area contributed by atoms with E-state index in [9.17, 15) is 14.4 Å². The van der Waals surface area contributed by atoms with E-state index in [0.29, 0.717) is 27.2 Å². The highest BCUT2D eigenvalue weighted by Crippen LogP contribution is 2.31. The molecule has 0 bridgehead atoms. The van der Waals surface area contributed by atoms with Gasteiger partial charge in [0.2, 0.25) is 22.9 Å². The minimum Gasteiger partial charge on any atom is -0.309 e. The molecule has 2 aromatic heterocycles. The molecule has 1 saturated heterocycles. The fraction of sp³-hybridized carbons (Fsp3) is 0.235. The van der Waals surface area contributed by atoms with Crippen molar-refractivity contribution in [3.63, 3.8) is 0 Å². The summed E-state index contributed by atoms with van der Waals surface area (Å²) < 4.78 is 2.41. The van der Waals surface area contributed by atoms with Crippen LogP contribution in [0, 0.1) is 6.92 Å². The first-order valence-electron chi connectivity index (χ1n) is 8.17. The number of nitrogens with one attached hydrogen (secondary N) is 1. The number of aryl methyl sites for hydroxylation is 1. The molecule has 27 heavy (non-hydrogen) atoms. The standard InChI is InChI=1S/C17H14ClN5O3S/c1-9-7-12(19-13(24)8-22-14(25)5-6-15(22)26)23(21-9)17-20-16-10(18)3-2-4-11(16)27-17/h2-4,7H,5-6,8H2,1H3,(H,19,24). The molecule has 1 aliphatic heterocycles. The lowest BCUT2D eigenvalue weighted by molar-refractivity contribution is -0.141. The number of amides is 3. The minimum atomic E-state index is -0.473. The first-order chi connectivity index (χ1) is 12.9. The third-order valence-corrected chi connectivity index (χ3v) is 5.40. The van der Waals surface area contributed by atoms with E-state index in [1.165, 1.54) is 16.0 Å². The molecule has 3 amide bonds. The Morgan fingerprint density at radius 3 is 2.74 bits per heavy atom. The number of hydrogen-bond acceptors (Lipinski definition) is 6. The summed E-state index contributed by atoms with van der Waals surface area (Å²) in [5, 5.41) is 8.17. The molecule has 3 heterocycles. The maximum Gasteiger partial charge on any atom is 0.245 e. The summed E-state index contributed by atoms with van der Waals surface area (Å²) in [6.07, 6.45) is 0.297. The van der Waals surface area contributed by atoms with Crippen molar-refractivity contribution in [2.24, 2.45) is 0 Å². The van der Waals surface area contributed by atoms with E-state index in [1.807, 2.05) is 12.1 Å². The van der Waals surface area contributed by atoms with Crippen LogP contribution in [0.5, 0.6) is 0 Å². The number of halogens is 1. The summed E-state index contributed by atoms with van der Waals surface area (Å²) in [5.41, 5.74) is 1.35. The summed E-state index contributed by atoms with van der Waals surface area (Å²) in [6.45, 7) is 1.48. The predicted molar refractivity (Wildman–Crippen MR) is 101 cm³/mol. The fourth-order valence-electron chi connectivity index (χ4n) is 2.85. The average molecular weight is 404 g/mol. The fourth-order valence-corrected chi connectivity index (χ4v) is 4.08. The molecule has 0 aliphatic carbocycles. The summed E-state index contributed by atoms with van der Waals surface area (Å²) in [4.78, 5) is 41.2. The van der Waals surface area contributed by atoms with E-state index < -0.39 is 5.91 Å². The molecular formula is C17H14ClN5O3S. The van der Waals surface area contributed by atoms with Crippen LogP contribution in [-0.2, 0) is 14.4 Å². The lowest BCUT2D eigenvalue weighted by Gasteiger charge is -2.13. The molecule has 0 atom stereocenters. The monoisotopic (exact) mass is 403 g/mol. The Morgan fingerprint density at radius 1 is 1.30 bits per heavy atom. The van der Waals surface area contributed by atoms with Gasteiger partial charge in [-0.05, 0) is 19.1 Å². The number of para-hydroxylation sites is 1. The van der Waals surface area contributed by atoms with Crippen LogP contribution in [0.15, 0.2) is 24.3 Å². The Labute approximate surface area is 162 Å². The number of fused-ring (bicyclic) bond motifs is 1. The lowest BCUT2D eigenvalue weighted by atomic mass is 10.3. The molecule has 1 N–H and O–H groups in total. The number of anilines is 1. The van der Waals surface area contributed by atoms with Gasteiger partial charge in [-0.2, -0.15) is 9.78 Å². The number of carbonyl (C=O) groups excluding carboxylic acids is 3. The van der Waals surface area contributed by atoms with Gasteiger partial charge in [-0.15, -0.1) is 0 Å². The van der Waals surface area contributed by atoms with Crippen LogP contribution in [-0.4, -0.2) is 43.9 Å². The summed E-state index contributed by atoms with van der Waals surface area (Å²) >= 11 is 7.57. The largest absolute Gasteiger partial charge is 0.309 e. The topological polar surface area (TPSA) is 97.2 Å². The number of benzene rings is 1. The van der Waals surface area contributed by atoms with E-state index in [0.717, 1.165) is 9.60 Å². The number of thiazole rings is 1. The van der Waals surface area contributed by atoms with Crippen LogP contribution < -0.4 is 5.32 Å². The first kappa shape index (κ1) is 17.6. The Hall–Kier alpha value is -2.78. The van der Waals surface area contributed by atoms with Crippen molar-refractivity contribution < 1.29 is 14.4 Å². The van der Waals surface area contributed by atoms with Gasteiger partial charge in [0.1, 0.15) is 17.9 Å². The van der Waals surface area contributed by atoms with Crippen molar-refractivity contribution in [1.29, 1.82) is 0 Å². The van der Waals surface area contributed by atoms with Gasteiger partial charge in [0.05, 0.1) is 15.4 Å². The van der Waals surface area contributed by atoms with Gasteiger partial charge in [-0.25, -0.2) is 4.98 Å². The highest BCUT2D eigenvalue weighted by Gasteiger charge is 2.30. The number of carbonyl (C=O) groups is 3. The Kier molecular flexibility index (Phi) is 4.40. The van der Waals surface area contributed by atoms with E-state index in [1.54, 1.807) is 19.1 Å². The van der Waals surface area contributed by atoms with E-state index in [2.05, 4.69) is 15.4 Å². The minimum absolute atomic E-state index is 0.148. The maximum absolute atomic E-state index is 12.3. The molecule has 1 aromatic carbocycles. The van der Waals surface area contributed by atoms with Gasteiger partial charge in [0.15, 0.2) is 0 Å². The Morgan fingerprint density at radius 2 is 2.04 bits per heavy atom. The highest BCUT2D eigenvalue weighted by atomic mass is 35.5. The van der Waals surface area contributed by atoms with Gasteiger partial charge in [0.25, 0.3) is 0 Å². The van der Waals surface area contributed by atoms with Crippen LogP contribution in [0.25, 0.3) is 15.3 Å². The molecule has 0 spiro atoms. The van der Waals surface area contributed by atoms with Crippen LogP contribution >= 0.6 is 22.9 Å². The molecule has 1 fully saturated rings. The van der Waals surface area contributed by atoms with Crippen molar-refractivity contribution in [2.45, 2.75) is 19.8 Å². The number of aromatic nitrogens is 3. The number of rotatable bonds is 4. The van der Waals surface area contributed by atoms with E-state index in [-0.39, 0.29) is 31.2 Å². The van der Waals surface area contributed by atoms with Gasteiger partial charge >= 0.3 is 0 Å². The Bertz CT molecular complexity index is 1070. The van der Waals surface area contributed by atoms with Gasteiger partial charge in [-0.3, -0.25) is 19.3 Å². The maximum atomic E-state index is 12.3. The van der Waals surface area contributed by atoms with Crippen LogP contribution in [0.1, 0.15) is 18.5 Å². The third-order valence-electron chi connectivity index (χ3n) is 4.10. The molecule has 138 valence electrons. The zero-order chi connectivity index (χ0) is 19.1. The van der Waals surface area contributed by atoms with Gasteiger partial charge in [0, 0.05) is 18.9 Å². The quantitative estimate of drug-likeness (QED) is 0.675. The van der Waals surface area contributed by atoms with Crippen molar-refractivity contribution in [3.05, 3.63) is 35.0 Å². The van der Waals surface area contributed by atoms with Crippen LogP contribution in [0.4, 0.5) is 5.82 Å². The summed E-state index contributed by atoms with van der Waals surface area (Å²) in [7, 11) is 0. The summed E-state index contributed by atoms with van der Waals surface area (Å²) in [5.74, 6) is -0.730. The van der Waals surface area contributed by atoms with Crippen molar-refractivity contribution >= 4 is 56.7 Å². The molecule has 8 nitrogen and oxygen atoms in total. The third kappa shape index (κ3) is 3.31. The van der Waals surface area contributed by atoms with Crippen molar-refractivity contribution in [3.8, 4) is 5.13 Å². The summed E-state index contributed by atoms with van der Waals surface area (Å²) in [6, 6.07) is 7.20. The molecule has 3 aromatic rings.